The lowest BCUT2D eigenvalue weighted by Gasteiger charge is -2.15. The van der Waals surface area contributed by atoms with Gasteiger partial charge in [0.1, 0.15) is 6.61 Å². The predicted molar refractivity (Wildman–Crippen MR) is 399 cm³/mol. The highest BCUT2D eigenvalue weighted by atomic mass is 16.6. The molecule has 0 amide bonds. The molecule has 0 rings (SSSR count). The fourth-order valence-electron chi connectivity index (χ4n) is 13.2. The van der Waals surface area contributed by atoms with Gasteiger partial charge in [-0.05, 0) is 51.4 Å². The molecular formula is C85H162O5. The fourth-order valence-corrected chi connectivity index (χ4v) is 13.2. The van der Waals surface area contributed by atoms with Crippen LogP contribution in [0, 0.1) is 0 Å². The summed E-state index contributed by atoms with van der Waals surface area (Å²) in [6.07, 6.45) is 110. The molecule has 5 nitrogen and oxygen atoms in total. The molecule has 1 atom stereocenters. The van der Waals surface area contributed by atoms with Crippen LogP contribution in [0.15, 0.2) is 36.5 Å². The number of carbonyl (C=O) groups is 2. The topological polar surface area (TPSA) is 72.8 Å². The summed E-state index contributed by atoms with van der Waals surface area (Å²) in [5.41, 5.74) is 0. The molecule has 1 unspecified atom stereocenters. The molecule has 0 saturated heterocycles. The van der Waals surface area contributed by atoms with Gasteiger partial charge in [0, 0.05) is 12.8 Å². The third kappa shape index (κ3) is 78.6. The van der Waals surface area contributed by atoms with Crippen molar-refractivity contribution in [3.8, 4) is 0 Å². The van der Waals surface area contributed by atoms with E-state index in [1.165, 1.54) is 405 Å². The van der Waals surface area contributed by atoms with Crippen LogP contribution in [0.5, 0.6) is 0 Å². The Morgan fingerprint density at radius 1 is 0.256 bits per heavy atom. The second-order valence-corrected chi connectivity index (χ2v) is 28.6. The lowest BCUT2D eigenvalue weighted by atomic mass is 10.0. The molecule has 0 fully saturated rings. The predicted octanol–water partition coefficient (Wildman–Crippen LogP) is 29.2. The first kappa shape index (κ1) is 88.1. The van der Waals surface area contributed by atoms with Gasteiger partial charge in [-0.3, -0.25) is 9.59 Å². The van der Waals surface area contributed by atoms with Gasteiger partial charge in [-0.1, -0.05) is 448 Å². The number of allylic oxidation sites excluding steroid dienone is 6. The maximum Gasteiger partial charge on any atom is 0.306 e. The lowest BCUT2D eigenvalue weighted by Crippen LogP contribution is -2.28. The van der Waals surface area contributed by atoms with Crippen LogP contribution in [-0.2, 0) is 19.1 Å². The third-order valence-corrected chi connectivity index (χ3v) is 19.4. The second kappa shape index (κ2) is 81.4. The smallest absolute Gasteiger partial charge is 0.306 e. The zero-order chi connectivity index (χ0) is 64.7. The van der Waals surface area contributed by atoms with Crippen LogP contribution in [0.25, 0.3) is 0 Å². The highest BCUT2D eigenvalue weighted by molar-refractivity contribution is 5.70. The number of unbranched alkanes of at least 4 members (excludes halogenated alkanes) is 65. The highest BCUT2D eigenvalue weighted by Crippen LogP contribution is 2.21. The molecule has 0 aliphatic carbocycles. The number of hydrogen-bond donors (Lipinski definition) is 1. The van der Waals surface area contributed by atoms with Gasteiger partial charge >= 0.3 is 11.9 Å². The van der Waals surface area contributed by atoms with E-state index in [0.717, 1.165) is 44.9 Å². The standard InChI is InChI=1S/C85H162O5/c1-3-5-7-9-11-13-15-17-19-21-23-25-27-29-31-33-35-37-39-41-42-44-45-47-49-51-53-55-57-59-61-63-65-67-69-71-73-75-77-79-84(87)89-82-83(81-86)90-85(88)80-78-76-74-72-70-68-66-64-62-60-58-56-54-52-50-48-46-43-40-38-36-34-32-30-28-26-24-22-20-18-16-14-12-10-8-6-4-2/h16,18,22,24,28,30,83,86H,3-15,17,19-21,23,25-27,29,31-82H2,1-2H3/b18-16-,24-22-,30-28-. The summed E-state index contributed by atoms with van der Waals surface area (Å²) < 4.78 is 10.8. The molecule has 0 aliphatic heterocycles. The molecule has 0 radical (unpaired) electrons. The molecule has 0 aromatic carbocycles. The van der Waals surface area contributed by atoms with Crippen molar-refractivity contribution >= 4 is 11.9 Å². The molecule has 0 saturated carbocycles. The molecule has 0 aromatic heterocycles. The Bertz CT molecular complexity index is 1430. The summed E-state index contributed by atoms with van der Waals surface area (Å²) in [4.78, 5) is 24.7. The Kier molecular flexibility index (Phi) is 79.7. The minimum absolute atomic E-state index is 0.0579. The number of ether oxygens (including phenoxy) is 2. The summed E-state index contributed by atoms with van der Waals surface area (Å²) in [6, 6.07) is 0. The minimum Gasteiger partial charge on any atom is -0.462 e. The van der Waals surface area contributed by atoms with E-state index in [-0.39, 0.29) is 25.2 Å². The van der Waals surface area contributed by atoms with E-state index in [4.69, 9.17) is 9.47 Å². The fraction of sp³-hybridized carbons (Fsp3) is 0.906. The number of aliphatic hydroxyl groups excluding tert-OH is 1. The van der Waals surface area contributed by atoms with Crippen molar-refractivity contribution in [2.45, 2.75) is 482 Å². The molecule has 1 N–H and O–H groups in total. The van der Waals surface area contributed by atoms with E-state index in [9.17, 15) is 14.7 Å². The zero-order valence-corrected chi connectivity index (χ0v) is 61.4. The Labute approximate surface area is 565 Å². The van der Waals surface area contributed by atoms with E-state index in [0.29, 0.717) is 12.8 Å². The first-order chi connectivity index (χ1) is 44.6. The van der Waals surface area contributed by atoms with E-state index >= 15 is 0 Å². The molecule has 0 heterocycles. The summed E-state index contributed by atoms with van der Waals surface area (Å²) in [5.74, 6) is -0.560. The lowest BCUT2D eigenvalue weighted by molar-refractivity contribution is -0.161. The van der Waals surface area contributed by atoms with Crippen molar-refractivity contribution in [2.75, 3.05) is 13.2 Å². The number of hydrogen-bond acceptors (Lipinski definition) is 5. The van der Waals surface area contributed by atoms with Gasteiger partial charge in [-0.2, -0.15) is 0 Å². The molecule has 5 heteroatoms. The van der Waals surface area contributed by atoms with Gasteiger partial charge in [0.05, 0.1) is 6.61 Å². The van der Waals surface area contributed by atoms with E-state index in [1.54, 1.807) is 0 Å². The summed E-state index contributed by atoms with van der Waals surface area (Å²) in [6.45, 7) is 4.21. The van der Waals surface area contributed by atoms with Gasteiger partial charge in [0.25, 0.3) is 0 Å². The molecule has 0 spiro atoms. The number of rotatable bonds is 79. The summed E-state index contributed by atoms with van der Waals surface area (Å²) in [5, 5.41) is 9.73. The maximum atomic E-state index is 12.4. The number of carbonyl (C=O) groups excluding carboxylic acids is 2. The van der Waals surface area contributed by atoms with E-state index < -0.39 is 6.10 Å². The van der Waals surface area contributed by atoms with Crippen LogP contribution in [0.3, 0.4) is 0 Å². The molecule has 0 aromatic rings. The zero-order valence-electron chi connectivity index (χ0n) is 61.4. The van der Waals surface area contributed by atoms with Crippen molar-refractivity contribution in [1.82, 2.24) is 0 Å². The Hall–Kier alpha value is -1.88. The monoisotopic (exact) mass is 1260 g/mol. The van der Waals surface area contributed by atoms with Gasteiger partial charge in [0.15, 0.2) is 6.10 Å². The second-order valence-electron chi connectivity index (χ2n) is 28.6. The van der Waals surface area contributed by atoms with Crippen molar-refractivity contribution in [2.24, 2.45) is 0 Å². The minimum atomic E-state index is -0.770. The van der Waals surface area contributed by atoms with Crippen LogP contribution in [0.4, 0.5) is 0 Å². The van der Waals surface area contributed by atoms with Gasteiger partial charge in [-0.15, -0.1) is 0 Å². The van der Waals surface area contributed by atoms with Gasteiger partial charge in [-0.25, -0.2) is 0 Å². The first-order valence-electron chi connectivity index (χ1n) is 41.5. The Morgan fingerprint density at radius 2 is 0.444 bits per heavy atom. The van der Waals surface area contributed by atoms with Gasteiger partial charge in [0.2, 0.25) is 0 Å². The number of aliphatic hydroxyl groups is 1. The largest absolute Gasteiger partial charge is 0.462 e. The quantitative estimate of drug-likeness (QED) is 0.0373. The van der Waals surface area contributed by atoms with Crippen LogP contribution < -0.4 is 0 Å². The normalized spacial score (nSPS) is 12.3. The molecule has 0 bridgehead atoms. The Balaban J connectivity index is 3.35. The van der Waals surface area contributed by atoms with E-state index in [2.05, 4.69) is 50.3 Å². The van der Waals surface area contributed by atoms with Crippen molar-refractivity contribution in [3.05, 3.63) is 36.5 Å². The summed E-state index contributed by atoms with van der Waals surface area (Å²) in [7, 11) is 0. The average Bonchev–Trinajstić information content (AvgIpc) is 3.62. The van der Waals surface area contributed by atoms with Gasteiger partial charge < -0.3 is 14.6 Å². The average molecular weight is 1260 g/mol. The Morgan fingerprint density at radius 3 is 0.667 bits per heavy atom. The van der Waals surface area contributed by atoms with Crippen molar-refractivity contribution < 1.29 is 24.2 Å². The van der Waals surface area contributed by atoms with Crippen LogP contribution in [0.2, 0.25) is 0 Å². The van der Waals surface area contributed by atoms with Crippen molar-refractivity contribution in [3.63, 3.8) is 0 Å². The van der Waals surface area contributed by atoms with Crippen LogP contribution >= 0.6 is 0 Å². The highest BCUT2D eigenvalue weighted by Gasteiger charge is 2.16. The third-order valence-electron chi connectivity index (χ3n) is 19.4. The number of esters is 2. The van der Waals surface area contributed by atoms with Crippen LogP contribution in [-0.4, -0.2) is 36.4 Å². The van der Waals surface area contributed by atoms with Crippen molar-refractivity contribution in [1.29, 1.82) is 0 Å². The SMILES string of the molecule is CCCCCCC/C=C\C/C=C\C/C=C\CCCCCCCCCCCCCCCCCCCCCCCCC(=O)OC(CO)COC(=O)CCCCCCCCCCCCCCCCCCCCCCCCCCCCCCCCCCCCCCCCC. The molecule has 0 aliphatic rings. The molecule has 90 heavy (non-hydrogen) atoms. The van der Waals surface area contributed by atoms with Crippen LogP contribution in [0.1, 0.15) is 476 Å². The van der Waals surface area contributed by atoms with E-state index in [1.807, 2.05) is 0 Å². The molecular weight excluding hydrogens is 1100 g/mol. The summed E-state index contributed by atoms with van der Waals surface area (Å²) >= 11 is 0. The first-order valence-corrected chi connectivity index (χ1v) is 41.5. The molecule has 532 valence electrons. The maximum absolute atomic E-state index is 12.4.